The van der Waals surface area contributed by atoms with Gasteiger partial charge in [0.15, 0.2) is 5.69 Å². The molecule has 0 aliphatic heterocycles. The van der Waals surface area contributed by atoms with E-state index in [9.17, 15) is 13.2 Å². The second-order valence-corrected chi connectivity index (χ2v) is 5.61. The maximum absolute atomic E-state index is 12.8. The molecular formula is C13H2BrCl3F3N3. The van der Waals surface area contributed by atoms with E-state index in [1.54, 1.807) is 6.07 Å². The minimum atomic E-state index is -4.61. The number of hydrogen-bond donors (Lipinski definition) is 0. The van der Waals surface area contributed by atoms with Gasteiger partial charge in [-0.25, -0.2) is 4.68 Å². The first-order valence-electron chi connectivity index (χ1n) is 5.57. The van der Waals surface area contributed by atoms with Crippen molar-refractivity contribution in [3.8, 4) is 22.5 Å². The van der Waals surface area contributed by atoms with Gasteiger partial charge in [-0.05, 0) is 22.9 Å². The molecule has 0 unspecified atom stereocenters. The van der Waals surface area contributed by atoms with Gasteiger partial charge in [-0.1, -0.05) is 34.8 Å². The monoisotopic (exact) mass is 441 g/mol. The summed E-state index contributed by atoms with van der Waals surface area (Å²) in [6.07, 6.45) is -4.61. The highest BCUT2D eigenvalue weighted by Crippen LogP contribution is 2.38. The molecule has 10 heteroatoms. The summed E-state index contributed by atoms with van der Waals surface area (Å²) in [5.41, 5.74) is -1.11. The SMILES string of the molecule is N#Cc1nn(-c2c(Cl)cc(C(F)(F)F)cc2Cl)c(Cl)c1C#CBr. The van der Waals surface area contributed by atoms with E-state index in [4.69, 9.17) is 40.1 Å². The predicted molar refractivity (Wildman–Crippen MR) is 84.1 cm³/mol. The number of hydrogen-bond acceptors (Lipinski definition) is 2. The average molecular weight is 443 g/mol. The van der Waals surface area contributed by atoms with Crippen LogP contribution in [0.1, 0.15) is 16.8 Å². The Kier molecular flexibility index (Phi) is 5.17. The quantitative estimate of drug-likeness (QED) is 0.552. The maximum atomic E-state index is 12.8. The third-order valence-corrected chi connectivity index (χ3v) is 3.79. The maximum Gasteiger partial charge on any atom is 0.416 e. The van der Waals surface area contributed by atoms with E-state index in [0.29, 0.717) is 12.1 Å². The first kappa shape index (κ1) is 18.0. The Morgan fingerprint density at radius 2 is 1.74 bits per heavy atom. The molecule has 1 heterocycles. The topological polar surface area (TPSA) is 41.6 Å². The minimum absolute atomic E-state index is 0.0783. The van der Waals surface area contributed by atoms with Crippen molar-refractivity contribution in [3.05, 3.63) is 44.2 Å². The van der Waals surface area contributed by atoms with Crippen LogP contribution in [0.5, 0.6) is 0 Å². The molecular weight excluding hydrogens is 441 g/mol. The van der Waals surface area contributed by atoms with Gasteiger partial charge in [-0.3, -0.25) is 0 Å². The Balaban J connectivity index is 2.73. The Labute approximate surface area is 151 Å². The summed E-state index contributed by atoms with van der Waals surface area (Å²) in [6.45, 7) is 0. The summed E-state index contributed by atoms with van der Waals surface area (Å²) in [4.78, 5) is 2.38. The predicted octanol–water partition coefficient (Wildman–Crippen LogP) is 5.43. The molecule has 1 aromatic heterocycles. The molecule has 0 aliphatic rings. The van der Waals surface area contributed by atoms with Crippen LogP contribution in [0, 0.1) is 22.1 Å². The largest absolute Gasteiger partial charge is 0.416 e. The summed E-state index contributed by atoms with van der Waals surface area (Å²) in [5.74, 6) is 2.52. The van der Waals surface area contributed by atoms with Crippen LogP contribution in [0.4, 0.5) is 13.2 Å². The molecule has 0 atom stereocenters. The van der Waals surface area contributed by atoms with Gasteiger partial charge in [0.25, 0.3) is 0 Å². The van der Waals surface area contributed by atoms with Crippen LogP contribution in [-0.2, 0) is 6.18 Å². The highest BCUT2D eigenvalue weighted by molar-refractivity contribution is 9.12. The second kappa shape index (κ2) is 6.62. The third-order valence-electron chi connectivity index (χ3n) is 2.66. The summed E-state index contributed by atoms with van der Waals surface area (Å²) < 4.78 is 39.2. The van der Waals surface area contributed by atoms with Crippen LogP contribution >= 0.6 is 50.7 Å². The number of aromatic nitrogens is 2. The van der Waals surface area contributed by atoms with Crippen molar-refractivity contribution >= 4 is 50.7 Å². The van der Waals surface area contributed by atoms with Gasteiger partial charge in [-0.15, -0.1) is 0 Å². The minimum Gasteiger partial charge on any atom is -0.216 e. The molecule has 0 saturated carbocycles. The third kappa shape index (κ3) is 3.44. The molecule has 0 radical (unpaired) electrons. The van der Waals surface area contributed by atoms with Crippen molar-refractivity contribution in [2.24, 2.45) is 0 Å². The second-order valence-electron chi connectivity index (χ2n) is 4.04. The molecule has 1 aromatic carbocycles. The van der Waals surface area contributed by atoms with E-state index in [2.05, 4.69) is 31.8 Å². The molecule has 118 valence electrons. The lowest BCUT2D eigenvalue weighted by atomic mass is 10.2. The average Bonchev–Trinajstić information content (AvgIpc) is 2.75. The molecule has 0 fully saturated rings. The Bertz CT molecular complexity index is 865. The molecule has 2 aromatic rings. The van der Waals surface area contributed by atoms with Gasteiger partial charge >= 0.3 is 6.18 Å². The zero-order chi connectivity index (χ0) is 17.4. The van der Waals surface area contributed by atoms with Crippen molar-refractivity contribution in [1.29, 1.82) is 5.26 Å². The fourth-order valence-electron chi connectivity index (χ4n) is 1.71. The van der Waals surface area contributed by atoms with Crippen molar-refractivity contribution in [1.82, 2.24) is 9.78 Å². The van der Waals surface area contributed by atoms with E-state index in [0.717, 1.165) is 4.68 Å². The fourth-order valence-corrected chi connectivity index (χ4v) is 2.82. The number of alkyl halides is 3. The zero-order valence-electron chi connectivity index (χ0n) is 10.6. The highest BCUT2D eigenvalue weighted by atomic mass is 79.9. The first-order valence-corrected chi connectivity index (χ1v) is 7.50. The van der Waals surface area contributed by atoms with Crippen LogP contribution in [0.15, 0.2) is 12.1 Å². The Morgan fingerprint density at radius 1 is 1.17 bits per heavy atom. The Hall–Kier alpha value is -1.38. The van der Waals surface area contributed by atoms with Gasteiger partial charge < -0.3 is 0 Å². The molecule has 0 amide bonds. The van der Waals surface area contributed by atoms with Gasteiger partial charge in [0.1, 0.15) is 22.5 Å². The van der Waals surface area contributed by atoms with E-state index >= 15 is 0 Å². The van der Waals surface area contributed by atoms with Crippen LogP contribution in [0.25, 0.3) is 5.69 Å². The lowest BCUT2D eigenvalue weighted by Gasteiger charge is -2.12. The highest BCUT2D eigenvalue weighted by Gasteiger charge is 2.32. The smallest absolute Gasteiger partial charge is 0.216 e. The molecule has 0 bridgehead atoms. The molecule has 3 nitrogen and oxygen atoms in total. The number of benzene rings is 1. The van der Waals surface area contributed by atoms with Crippen LogP contribution in [-0.4, -0.2) is 9.78 Å². The Morgan fingerprint density at radius 3 is 2.17 bits per heavy atom. The normalized spacial score (nSPS) is 10.9. The number of nitriles is 1. The van der Waals surface area contributed by atoms with Crippen molar-refractivity contribution in [2.45, 2.75) is 6.18 Å². The van der Waals surface area contributed by atoms with Crippen LogP contribution in [0.2, 0.25) is 15.2 Å². The standard InChI is InChI=1S/C13H2BrCl3F3N3/c14-2-1-7-10(5-21)22-23(12(7)17)11-8(15)3-6(4-9(11)16)13(18,19)20/h3-4H. The lowest BCUT2D eigenvalue weighted by molar-refractivity contribution is -0.137. The van der Waals surface area contributed by atoms with E-state index in [1.165, 1.54) is 0 Å². The fraction of sp³-hybridized carbons (Fsp3) is 0.0769. The molecule has 0 N–H and O–H groups in total. The first-order chi connectivity index (χ1) is 10.7. The lowest BCUT2D eigenvalue weighted by Crippen LogP contribution is -2.07. The number of nitrogens with zero attached hydrogens (tertiary/aromatic N) is 3. The van der Waals surface area contributed by atoms with Gasteiger partial charge in [0.2, 0.25) is 0 Å². The van der Waals surface area contributed by atoms with Crippen molar-refractivity contribution < 1.29 is 13.2 Å². The van der Waals surface area contributed by atoms with Gasteiger partial charge in [0, 0.05) is 15.9 Å². The molecule has 0 aliphatic carbocycles. The summed E-state index contributed by atoms with van der Waals surface area (Å²) >= 11 is 20.7. The molecule has 0 spiro atoms. The molecule has 2 rings (SSSR count). The molecule has 0 saturated heterocycles. The summed E-state index contributed by atoms with van der Waals surface area (Å²) in [7, 11) is 0. The molecule has 23 heavy (non-hydrogen) atoms. The van der Waals surface area contributed by atoms with Gasteiger partial charge in [0.05, 0.1) is 15.6 Å². The summed E-state index contributed by atoms with van der Waals surface area (Å²) in [6, 6.07) is 3.17. The van der Waals surface area contributed by atoms with Crippen LogP contribution < -0.4 is 0 Å². The van der Waals surface area contributed by atoms with Crippen LogP contribution in [0.3, 0.4) is 0 Å². The van der Waals surface area contributed by atoms with E-state index in [-0.39, 0.29) is 32.1 Å². The zero-order valence-corrected chi connectivity index (χ0v) is 14.5. The van der Waals surface area contributed by atoms with E-state index < -0.39 is 11.7 Å². The van der Waals surface area contributed by atoms with Gasteiger partial charge in [-0.2, -0.15) is 23.5 Å². The van der Waals surface area contributed by atoms with Crippen molar-refractivity contribution in [2.75, 3.05) is 0 Å². The summed E-state index contributed by atoms with van der Waals surface area (Å²) in [5, 5.41) is 12.2. The van der Waals surface area contributed by atoms with Crippen molar-refractivity contribution in [3.63, 3.8) is 0 Å². The number of halogens is 7. The number of rotatable bonds is 1. The van der Waals surface area contributed by atoms with E-state index in [1.807, 2.05) is 0 Å².